The standard InChI is InChI=1S/C19H12N2O.C8H11N.ClH/c22-19(15-5-2-1-3-6-15)16-11-10-14-9-8-13-7-4-12-20-17(13)18(14)21-16;1-6-4-3-5-7(2)8(6)9;/h1-12H;3-5H,9H2,1-2H3;1H. The number of aryl methyl sites for hydroxylation is 2. The van der Waals surface area contributed by atoms with Crippen LogP contribution in [0.2, 0.25) is 0 Å². The molecule has 160 valence electrons. The minimum absolute atomic E-state index is 0. The van der Waals surface area contributed by atoms with Crippen molar-refractivity contribution in [3.8, 4) is 0 Å². The summed E-state index contributed by atoms with van der Waals surface area (Å²) < 4.78 is 0. The fraction of sp³-hybridized carbons (Fsp3) is 0.0741. The lowest BCUT2D eigenvalue weighted by Crippen LogP contribution is -2.04. The van der Waals surface area contributed by atoms with Gasteiger partial charge in [0.2, 0.25) is 5.78 Å². The molecule has 5 aromatic rings. The molecule has 5 rings (SSSR count). The van der Waals surface area contributed by atoms with Crippen molar-refractivity contribution in [2.24, 2.45) is 0 Å². The number of carbonyl (C=O) groups is 1. The number of para-hydroxylation sites is 1. The Bertz CT molecular complexity index is 1360. The first-order valence-electron chi connectivity index (χ1n) is 10.1. The Kier molecular flexibility index (Phi) is 7.18. The van der Waals surface area contributed by atoms with E-state index in [1.807, 2.05) is 80.6 Å². The first-order valence-corrected chi connectivity index (χ1v) is 10.1. The molecule has 0 bridgehead atoms. The molecule has 2 N–H and O–H groups in total. The number of hydrogen-bond acceptors (Lipinski definition) is 4. The third kappa shape index (κ3) is 4.76. The zero-order chi connectivity index (χ0) is 21.8. The number of fused-ring (bicyclic) bond motifs is 3. The number of nitrogens with zero attached hydrogens (tertiary/aromatic N) is 2. The Morgan fingerprint density at radius 1 is 0.719 bits per heavy atom. The van der Waals surface area contributed by atoms with Crippen LogP contribution in [0.15, 0.2) is 91.1 Å². The van der Waals surface area contributed by atoms with Crippen molar-refractivity contribution in [1.82, 2.24) is 9.97 Å². The van der Waals surface area contributed by atoms with Crippen molar-refractivity contribution in [2.45, 2.75) is 13.8 Å². The van der Waals surface area contributed by atoms with Gasteiger partial charge in [-0.05, 0) is 37.1 Å². The molecule has 32 heavy (non-hydrogen) atoms. The molecule has 2 aromatic heterocycles. The Labute approximate surface area is 193 Å². The minimum Gasteiger partial charge on any atom is -0.398 e. The van der Waals surface area contributed by atoms with Gasteiger partial charge < -0.3 is 5.73 Å². The number of rotatable bonds is 2. The maximum absolute atomic E-state index is 12.5. The van der Waals surface area contributed by atoms with Crippen LogP contribution >= 0.6 is 12.4 Å². The summed E-state index contributed by atoms with van der Waals surface area (Å²) in [4.78, 5) is 21.5. The molecule has 0 saturated carbocycles. The number of halogens is 1. The first-order chi connectivity index (χ1) is 15.0. The van der Waals surface area contributed by atoms with Gasteiger partial charge in [-0.25, -0.2) is 4.98 Å². The summed E-state index contributed by atoms with van der Waals surface area (Å²) in [5, 5.41) is 2.00. The summed E-state index contributed by atoms with van der Waals surface area (Å²) in [7, 11) is 0. The average molecular weight is 442 g/mol. The Hall–Kier alpha value is -3.76. The quantitative estimate of drug-likeness (QED) is 0.197. The molecule has 0 saturated heterocycles. The van der Waals surface area contributed by atoms with Gasteiger partial charge in [0, 0.05) is 28.2 Å². The highest BCUT2D eigenvalue weighted by Crippen LogP contribution is 2.23. The highest BCUT2D eigenvalue weighted by molar-refractivity contribution is 6.10. The summed E-state index contributed by atoms with van der Waals surface area (Å²) in [6.45, 7) is 4.03. The second-order valence-corrected chi connectivity index (χ2v) is 7.41. The average Bonchev–Trinajstić information content (AvgIpc) is 2.82. The van der Waals surface area contributed by atoms with E-state index in [0.29, 0.717) is 11.3 Å². The molecule has 5 heteroatoms. The Morgan fingerprint density at radius 3 is 2.00 bits per heavy atom. The van der Waals surface area contributed by atoms with Crippen LogP contribution in [0.3, 0.4) is 0 Å². The van der Waals surface area contributed by atoms with Crippen LogP contribution in [-0.4, -0.2) is 15.8 Å². The Balaban J connectivity index is 0.000000246. The molecule has 0 radical (unpaired) electrons. The minimum atomic E-state index is -0.0737. The van der Waals surface area contributed by atoms with Gasteiger partial charge in [0.05, 0.1) is 11.0 Å². The number of benzene rings is 3. The van der Waals surface area contributed by atoms with E-state index in [0.717, 1.165) is 38.6 Å². The SMILES string of the molecule is Cc1cccc(C)c1N.Cl.O=C(c1ccccc1)c1ccc2ccc3cccnc3c2n1. The molecule has 0 aliphatic carbocycles. The van der Waals surface area contributed by atoms with Gasteiger partial charge in [0.1, 0.15) is 5.69 Å². The number of carbonyl (C=O) groups excluding carboxylic acids is 1. The third-order valence-corrected chi connectivity index (χ3v) is 5.24. The van der Waals surface area contributed by atoms with Gasteiger partial charge >= 0.3 is 0 Å². The largest absolute Gasteiger partial charge is 0.398 e. The van der Waals surface area contributed by atoms with Crippen LogP contribution in [0.4, 0.5) is 5.69 Å². The molecule has 0 amide bonds. The molecule has 4 nitrogen and oxygen atoms in total. The topological polar surface area (TPSA) is 68.9 Å². The van der Waals surface area contributed by atoms with E-state index in [2.05, 4.69) is 9.97 Å². The predicted octanol–water partition coefficient (Wildman–Crippen LogP) is 6.32. The highest BCUT2D eigenvalue weighted by Gasteiger charge is 2.12. The summed E-state index contributed by atoms with van der Waals surface area (Å²) >= 11 is 0. The van der Waals surface area contributed by atoms with E-state index >= 15 is 0 Å². The number of nitrogen functional groups attached to an aromatic ring is 1. The van der Waals surface area contributed by atoms with E-state index in [1.54, 1.807) is 24.4 Å². The molecule has 0 aliphatic rings. The summed E-state index contributed by atoms with van der Waals surface area (Å²) in [6, 6.07) is 26.9. The molecular weight excluding hydrogens is 418 g/mol. The lowest BCUT2D eigenvalue weighted by molar-refractivity contribution is 0.103. The van der Waals surface area contributed by atoms with E-state index in [9.17, 15) is 4.79 Å². The lowest BCUT2D eigenvalue weighted by Gasteiger charge is -2.05. The Morgan fingerprint density at radius 2 is 1.34 bits per heavy atom. The summed E-state index contributed by atoms with van der Waals surface area (Å²) in [5.41, 5.74) is 11.6. The lowest BCUT2D eigenvalue weighted by atomic mass is 10.1. The van der Waals surface area contributed by atoms with Crippen LogP contribution in [0.25, 0.3) is 21.8 Å². The van der Waals surface area contributed by atoms with Crippen LogP contribution in [0.5, 0.6) is 0 Å². The molecule has 2 heterocycles. The predicted molar refractivity (Wildman–Crippen MR) is 134 cm³/mol. The molecular formula is C27H24ClN3O. The van der Waals surface area contributed by atoms with E-state index in [1.165, 1.54) is 0 Å². The van der Waals surface area contributed by atoms with Gasteiger partial charge in [-0.3, -0.25) is 9.78 Å². The van der Waals surface area contributed by atoms with Crippen LogP contribution in [0.1, 0.15) is 27.2 Å². The molecule has 0 fully saturated rings. The fourth-order valence-electron chi connectivity index (χ4n) is 3.41. The second kappa shape index (κ2) is 10.0. The van der Waals surface area contributed by atoms with Gasteiger partial charge in [0.25, 0.3) is 0 Å². The van der Waals surface area contributed by atoms with Gasteiger partial charge in [0.15, 0.2) is 0 Å². The number of hydrogen-bond donors (Lipinski definition) is 1. The zero-order valence-electron chi connectivity index (χ0n) is 17.9. The van der Waals surface area contributed by atoms with Gasteiger partial charge in [-0.1, -0.05) is 72.8 Å². The van der Waals surface area contributed by atoms with E-state index in [4.69, 9.17) is 5.73 Å². The number of nitrogens with two attached hydrogens (primary N) is 1. The van der Waals surface area contributed by atoms with Crippen molar-refractivity contribution in [3.05, 3.63) is 114 Å². The zero-order valence-corrected chi connectivity index (χ0v) is 18.8. The number of aromatic nitrogens is 2. The normalized spacial score (nSPS) is 10.2. The maximum Gasteiger partial charge on any atom is 0.211 e. The molecule has 3 aromatic carbocycles. The number of anilines is 1. The van der Waals surface area contributed by atoms with Crippen molar-refractivity contribution < 1.29 is 4.79 Å². The molecule has 0 spiro atoms. The second-order valence-electron chi connectivity index (χ2n) is 7.41. The summed E-state index contributed by atoms with van der Waals surface area (Å²) in [6.07, 6.45) is 1.75. The third-order valence-electron chi connectivity index (χ3n) is 5.24. The number of pyridine rings is 2. The fourth-order valence-corrected chi connectivity index (χ4v) is 3.41. The van der Waals surface area contributed by atoms with E-state index < -0.39 is 0 Å². The van der Waals surface area contributed by atoms with Crippen molar-refractivity contribution in [2.75, 3.05) is 5.73 Å². The van der Waals surface area contributed by atoms with Gasteiger partial charge in [-0.15, -0.1) is 12.4 Å². The van der Waals surface area contributed by atoms with Crippen LogP contribution in [-0.2, 0) is 0 Å². The van der Waals surface area contributed by atoms with Crippen molar-refractivity contribution in [3.63, 3.8) is 0 Å². The molecule has 0 aliphatic heterocycles. The summed E-state index contributed by atoms with van der Waals surface area (Å²) in [5.74, 6) is -0.0737. The monoisotopic (exact) mass is 441 g/mol. The van der Waals surface area contributed by atoms with Gasteiger partial charge in [-0.2, -0.15) is 0 Å². The van der Waals surface area contributed by atoms with Crippen molar-refractivity contribution in [1.29, 1.82) is 0 Å². The molecule has 0 atom stereocenters. The molecule has 0 unspecified atom stereocenters. The van der Waals surface area contributed by atoms with Crippen molar-refractivity contribution >= 4 is 45.7 Å². The van der Waals surface area contributed by atoms with Crippen LogP contribution in [0, 0.1) is 13.8 Å². The number of ketones is 1. The highest BCUT2D eigenvalue weighted by atomic mass is 35.5. The van der Waals surface area contributed by atoms with Crippen LogP contribution < -0.4 is 5.73 Å². The first kappa shape index (κ1) is 22.9. The smallest absolute Gasteiger partial charge is 0.211 e. The maximum atomic E-state index is 12.5. The van der Waals surface area contributed by atoms with E-state index in [-0.39, 0.29) is 18.2 Å².